The van der Waals surface area contributed by atoms with Gasteiger partial charge in [0.25, 0.3) is 0 Å². The van der Waals surface area contributed by atoms with Gasteiger partial charge in [-0.05, 0) is 62.9 Å². The third kappa shape index (κ3) is 1.73. The van der Waals surface area contributed by atoms with Crippen LogP contribution in [0.2, 0.25) is 0 Å². The molecule has 0 radical (unpaired) electrons. The molecule has 2 aliphatic rings. The standard InChI is InChI=1S/C17H23N/c1-13(2)18-10-8-17(9-11-18)12-14(3)15-6-4-5-7-16(15)17/h4-7,13H,3,8-12H2,1-2H3. The molecular formula is C17H23N. The molecular weight excluding hydrogens is 218 g/mol. The summed E-state index contributed by atoms with van der Waals surface area (Å²) in [6.45, 7) is 11.4. The van der Waals surface area contributed by atoms with Crippen molar-refractivity contribution in [1.29, 1.82) is 0 Å². The number of fused-ring (bicyclic) bond motifs is 2. The predicted octanol–water partition coefficient (Wildman–Crippen LogP) is 3.85. The quantitative estimate of drug-likeness (QED) is 0.722. The number of allylic oxidation sites excluding steroid dienone is 1. The summed E-state index contributed by atoms with van der Waals surface area (Å²) < 4.78 is 0. The van der Waals surface area contributed by atoms with E-state index in [4.69, 9.17) is 0 Å². The van der Waals surface area contributed by atoms with Crippen LogP contribution in [-0.4, -0.2) is 24.0 Å². The Balaban J connectivity index is 1.89. The maximum absolute atomic E-state index is 4.29. The predicted molar refractivity (Wildman–Crippen MR) is 77.7 cm³/mol. The second kappa shape index (κ2) is 4.24. The van der Waals surface area contributed by atoms with Gasteiger partial charge in [-0.25, -0.2) is 0 Å². The molecule has 0 atom stereocenters. The van der Waals surface area contributed by atoms with Crippen LogP contribution in [0.4, 0.5) is 0 Å². The van der Waals surface area contributed by atoms with Crippen molar-refractivity contribution < 1.29 is 0 Å². The molecule has 1 spiro atoms. The fraction of sp³-hybridized carbons (Fsp3) is 0.529. The molecule has 1 aromatic rings. The molecule has 0 aromatic heterocycles. The molecule has 1 aromatic carbocycles. The Morgan fingerprint density at radius 2 is 1.83 bits per heavy atom. The zero-order valence-electron chi connectivity index (χ0n) is 11.6. The Labute approximate surface area is 111 Å². The first kappa shape index (κ1) is 12.0. The van der Waals surface area contributed by atoms with Gasteiger partial charge >= 0.3 is 0 Å². The Morgan fingerprint density at radius 1 is 1.17 bits per heavy atom. The minimum absolute atomic E-state index is 0.402. The van der Waals surface area contributed by atoms with E-state index < -0.39 is 0 Å². The number of hydrogen-bond acceptors (Lipinski definition) is 1. The number of rotatable bonds is 1. The number of hydrogen-bond donors (Lipinski definition) is 0. The Kier molecular flexibility index (Phi) is 2.82. The van der Waals surface area contributed by atoms with E-state index in [1.165, 1.54) is 43.5 Å². The smallest absolute Gasteiger partial charge is 0.00386 e. The lowest BCUT2D eigenvalue weighted by molar-refractivity contribution is 0.133. The average Bonchev–Trinajstić information content (AvgIpc) is 2.64. The SMILES string of the molecule is C=C1CC2(CCN(C(C)C)CC2)c2ccccc21. The molecule has 0 amide bonds. The molecule has 1 heterocycles. The molecule has 0 unspecified atom stereocenters. The molecule has 1 aliphatic carbocycles. The zero-order valence-corrected chi connectivity index (χ0v) is 11.6. The summed E-state index contributed by atoms with van der Waals surface area (Å²) in [4.78, 5) is 2.61. The summed E-state index contributed by atoms with van der Waals surface area (Å²) in [6.07, 6.45) is 3.76. The summed E-state index contributed by atoms with van der Waals surface area (Å²) in [5.74, 6) is 0. The molecule has 1 fully saturated rings. The molecule has 1 heteroatoms. The highest BCUT2D eigenvalue weighted by Gasteiger charge is 2.42. The van der Waals surface area contributed by atoms with Crippen molar-refractivity contribution in [2.24, 2.45) is 0 Å². The third-order valence-electron chi connectivity index (χ3n) is 4.92. The van der Waals surface area contributed by atoms with Crippen LogP contribution in [-0.2, 0) is 5.41 Å². The van der Waals surface area contributed by atoms with Crippen molar-refractivity contribution in [3.05, 3.63) is 42.0 Å². The van der Waals surface area contributed by atoms with Gasteiger partial charge in [-0.3, -0.25) is 0 Å². The van der Waals surface area contributed by atoms with Gasteiger partial charge in [0.2, 0.25) is 0 Å². The van der Waals surface area contributed by atoms with E-state index in [2.05, 4.69) is 49.6 Å². The van der Waals surface area contributed by atoms with Gasteiger partial charge in [0.15, 0.2) is 0 Å². The van der Waals surface area contributed by atoms with E-state index in [0.29, 0.717) is 11.5 Å². The summed E-state index contributed by atoms with van der Waals surface area (Å²) in [6, 6.07) is 9.60. The second-order valence-corrected chi connectivity index (χ2v) is 6.24. The number of benzene rings is 1. The van der Waals surface area contributed by atoms with Crippen molar-refractivity contribution in [2.45, 2.75) is 44.6 Å². The lowest BCUT2D eigenvalue weighted by atomic mass is 9.73. The van der Waals surface area contributed by atoms with Gasteiger partial charge in [0.05, 0.1) is 0 Å². The molecule has 0 saturated carbocycles. The van der Waals surface area contributed by atoms with Gasteiger partial charge < -0.3 is 4.90 Å². The molecule has 1 nitrogen and oxygen atoms in total. The van der Waals surface area contributed by atoms with Crippen LogP contribution < -0.4 is 0 Å². The average molecular weight is 241 g/mol. The molecule has 1 aliphatic heterocycles. The number of likely N-dealkylation sites (tertiary alicyclic amines) is 1. The topological polar surface area (TPSA) is 3.24 Å². The van der Waals surface area contributed by atoms with E-state index in [-0.39, 0.29) is 0 Å². The normalized spacial score (nSPS) is 22.7. The van der Waals surface area contributed by atoms with Crippen molar-refractivity contribution in [3.8, 4) is 0 Å². The van der Waals surface area contributed by atoms with E-state index >= 15 is 0 Å². The second-order valence-electron chi connectivity index (χ2n) is 6.24. The molecule has 3 rings (SSSR count). The largest absolute Gasteiger partial charge is 0.301 e. The van der Waals surface area contributed by atoms with Crippen LogP contribution in [0.1, 0.15) is 44.2 Å². The molecule has 1 saturated heterocycles. The van der Waals surface area contributed by atoms with Crippen LogP contribution in [0.5, 0.6) is 0 Å². The summed E-state index contributed by atoms with van der Waals surface area (Å²) >= 11 is 0. The van der Waals surface area contributed by atoms with Crippen LogP contribution in [0, 0.1) is 0 Å². The van der Waals surface area contributed by atoms with Crippen LogP contribution in [0.25, 0.3) is 5.57 Å². The molecule has 96 valence electrons. The lowest BCUT2D eigenvalue weighted by Crippen LogP contribution is -2.44. The summed E-state index contributed by atoms with van der Waals surface area (Å²) in [5.41, 5.74) is 4.75. The fourth-order valence-corrected chi connectivity index (χ4v) is 3.77. The van der Waals surface area contributed by atoms with E-state index in [9.17, 15) is 0 Å². The maximum atomic E-state index is 4.29. The highest BCUT2D eigenvalue weighted by atomic mass is 15.2. The van der Waals surface area contributed by atoms with Crippen LogP contribution in [0.15, 0.2) is 30.8 Å². The highest BCUT2D eigenvalue weighted by Crippen LogP contribution is 2.50. The van der Waals surface area contributed by atoms with Gasteiger partial charge in [0.1, 0.15) is 0 Å². The van der Waals surface area contributed by atoms with Crippen LogP contribution >= 0.6 is 0 Å². The zero-order chi connectivity index (χ0) is 12.8. The maximum Gasteiger partial charge on any atom is 0.00386 e. The van der Waals surface area contributed by atoms with Gasteiger partial charge in [-0.2, -0.15) is 0 Å². The third-order valence-corrected chi connectivity index (χ3v) is 4.92. The Hall–Kier alpha value is -1.08. The molecule has 18 heavy (non-hydrogen) atoms. The van der Waals surface area contributed by atoms with Crippen molar-refractivity contribution >= 4 is 5.57 Å². The highest BCUT2D eigenvalue weighted by molar-refractivity contribution is 5.74. The number of nitrogens with zero attached hydrogens (tertiary/aromatic N) is 1. The Morgan fingerprint density at radius 3 is 2.50 bits per heavy atom. The van der Waals surface area contributed by atoms with Gasteiger partial charge in [-0.15, -0.1) is 0 Å². The monoisotopic (exact) mass is 241 g/mol. The molecule has 0 N–H and O–H groups in total. The first-order valence-electron chi connectivity index (χ1n) is 7.14. The van der Waals surface area contributed by atoms with Gasteiger partial charge in [0, 0.05) is 11.5 Å². The lowest BCUT2D eigenvalue weighted by Gasteiger charge is -2.41. The Bertz CT molecular complexity index is 464. The van der Waals surface area contributed by atoms with Gasteiger partial charge in [-0.1, -0.05) is 30.8 Å². The van der Waals surface area contributed by atoms with E-state index in [1.807, 2.05) is 0 Å². The first-order valence-corrected chi connectivity index (χ1v) is 7.14. The van der Waals surface area contributed by atoms with E-state index in [1.54, 1.807) is 5.56 Å². The van der Waals surface area contributed by atoms with Crippen molar-refractivity contribution in [3.63, 3.8) is 0 Å². The first-order chi connectivity index (χ1) is 8.62. The fourth-order valence-electron chi connectivity index (χ4n) is 3.77. The summed E-state index contributed by atoms with van der Waals surface area (Å²) in [7, 11) is 0. The van der Waals surface area contributed by atoms with Crippen molar-refractivity contribution in [1.82, 2.24) is 4.90 Å². The van der Waals surface area contributed by atoms with Crippen molar-refractivity contribution in [2.75, 3.05) is 13.1 Å². The summed E-state index contributed by atoms with van der Waals surface area (Å²) in [5, 5.41) is 0. The van der Waals surface area contributed by atoms with Crippen LogP contribution in [0.3, 0.4) is 0 Å². The number of piperidine rings is 1. The minimum Gasteiger partial charge on any atom is -0.301 e. The minimum atomic E-state index is 0.402. The van der Waals surface area contributed by atoms with E-state index in [0.717, 1.165) is 0 Å². The molecule has 0 bridgehead atoms.